The third-order valence-corrected chi connectivity index (χ3v) is 4.17. The van der Waals surface area contributed by atoms with E-state index in [0.717, 1.165) is 36.7 Å². The molecule has 2 aromatic carbocycles. The van der Waals surface area contributed by atoms with Crippen LogP contribution >= 0.6 is 24.0 Å². The number of hydrogen-bond acceptors (Lipinski definition) is 3. The highest BCUT2D eigenvalue weighted by Crippen LogP contribution is 2.19. The van der Waals surface area contributed by atoms with E-state index in [1.54, 1.807) is 18.4 Å². The number of benzene rings is 2. The van der Waals surface area contributed by atoms with E-state index in [0.29, 0.717) is 18.9 Å². The fourth-order valence-electron chi connectivity index (χ4n) is 2.74. The van der Waals surface area contributed by atoms with Crippen molar-refractivity contribution in [2.75, 3.05) is 19.6 Å². The Morgan fingerprint density at radius 2 is 1.79 bits per heavy atom. The van der Waals surface area contributed by atoms with Crippen molar-refractivity contribution in [3.63, 3.8) is 0 Å². The highest BCUT2D eigenvalue weighted by molar-refractivity contribution is 14.0. The van der Waals surface area contributed by atoms with Gasteiger partial charge in [-0.1, -0.05) is 30.3 Å². The Balaban J connectivity index is 0.00000300. The van der Waals surface area contributed by atoms with Gasteiger partial charge in [0.2, 0.25) is 5.89 Å². The van der Waals surface area contributed by atoms with Gasteiger partial charge >= 0.3 is 0 Å². The number of nitrogens with zero attached hydrogens (tertiary/aromatic N) is 2. The molecule has 154 valence electrons. The number of nitrogens with one attached hydrogen (secondary N) is 2. The van der Waals surface area contributed by atoms with E-state index in [-0.39, 0.29) is 29.8 Å². The van der Waals surface area contributed by atoms with E-state index >= 15 is 0 Å². The van der Waals surface area contributed by atoms with Gasteiger partial charge in [0.15, 0.2) is 5.96 Å². The van der Waals surface area contributed by atoms with Crippen LogP contribution in [0.3, 0.4) is 0 Å². The Bertz CT molecular complexity index is 881. The van der Waals surface area contributed by atoms with Crippen molar-refractivity contribution in [2.24, 2.45) is 4.99 Å². The molecule has 5 nitrogen and oxygen atoms in total. The van der Waals surface area contributed by atoms with E-state index in [4.69, 9.17) is 4.42 Å². The maximum absolute atomic E-state index is 13.0. The molecule has 0 amide bonds. The summed E-state index contributed by atoms with van der Waals surface area (Å²) in [6.45, 7) is 4.25. The minimum Gasteiger partial charge on any atom is -0.444 e. The summed E-state index contributed by atoms with van der Waals surface area (Å²) in [6, 6.07) is 16.5. The zero-order valence-electron chi connectivity index (χ0n) is 16.4. The van der Waals surface area contributed by atoms with Gasteiger partial charge in [-0.25, -0.2) is 9.37 Å². The monoisotopic (exact) mass is 508 g/mol. The molecule has 0 spiro atoms. The Labute approximate surface area is 187 Å². The lowest BCUT2D eigenvalue weighted by atomic mass is 10.1. The van der Waals surface area contributed by atoms with Crippen LogP contribution in [0.25, 0.3) is 11.5 Å². The molecule has 1 heterocycles. The second kappa shape index (κ2) is 12.2. The fraction of sp³-hybridized carbons (Fsp3) is 0.273. The molecule has 1 aromatic heterocycles. The summed E-state index contributed by atoms with van der Waals surface area (Å²) < 4.78 is 18.5. The van der Waals surface area contributed by atoms with Gasteiger partial charge in [-0.05, 0) is 43.2 Å². The van der Waals surface area contributed by atoms with Gasteiger partial charge < -0.3 is 15.1 Å². The van der Waals surface area contributed by atoms with E-state index < -0.39 is 0 Å². The molecule has 0 aliphatic rings. The molecule has 0 aliphatic carbocycles. The van der Waals surface area contributed by atoms with E-state index in [9.17, 15) is 4.39 Å². The Morgan fingerprint density at radius 1 is 1.03 bits per heavy atom. The molecule has 0 unspecified atom stereocenters. The summed E-state index contributed by atoms with van der Waals surface area (Å²) in [5.74, 6) is 1.01. The minimum absolute atomic E-state index is 0. The van der Waals surface area contributed by atoms with Crippen molar-refractivity contribution >= 4 is 29.9 Å². The van der Waals surface area contributed by atoms with Crippen molar-refractivity contribution in [3.8, 4) is 11.5 Å². The van der Waals surface area contributed by atoms with Gasteiger partial charge in [-0.3, -0.25) is 4.99 Å². The standard InChI is InChI=1S/C22H25FN4O.HI/c1-2-24-22(25-14-12-17-6-4-3-5-7-17)26-15-13-20-16-28-21(27-20)18-8-10-19(23)11-9-18;/h3-11,16H,2,12-15H2,1H3,(H2,24,25,26);1H. The summed E-state index contributed by atoms with van der Waals surface area (Å²) in [5.41, 5.74) is 2.87. The number of aliphatic imine (C=N–C) groups is 1. The molecule has 0 radical (unpaired) electrons. The first-order valence-electron chi connectivity index (χ1n) is 9.51. The molecule has 0 saturated carbocycles. The van der Waals surface area contributed by atoms with Crippen LogP contribution in [0.15, 0.2) is 70.3 Å². The number of guanidine groups is 1. The molecular weight excluding hydrogens is 482 g/mol. The summed E-state index contributed by atoms with van der Waals surface area (Å²) in [6.07, 6.45) is 3.24. The third-order valence-electron chi connectivity index (χ3n) is 4.17. The molecule has 7 heteroatoms. The first kappa shape index (κ1) is 22.9. The lowest BCUT2D eigenvalue weighted by Crippen LogP contribution is -2.38. The average Bonchev–Trinajstić information content (AvgIpc) is 3.18. The van der Waals surface area contributed by atoms with Crippen LogP contribution in [0, 0.1) is 5.82 Å². The summed E-state index contributed by atoms with van der Waals surface area (Å²) in [7, 11) is 0. The smallest absolute Gasteiger partial charge is 0.226 e. The van der Waals surface area contributed by atoms with Crippen LogP contribution in [-0.4, -0.2) is 30.6 Å². The highest BCUT2D eigenvalue weighted by Gasteiger charge is 2.07. The lowest BCUT2D eigenvalue weighted by molar-refractivity contribution is 0.572. The van der Waals surface area contributed by atoms with Crippen molar-refractivity contribution in [1.82, 2.24) is 15.6 Å². The quantitative estimate of drug-likeness (QED) is 0.269. The topological polar surface area (TPSA) is 62.5 Å². The normalized spacial score (nSPS) is 11.0. The van der Waals surface area contributed by atoms with E-state index in [2.05, 4.69) is 32.7 Å². The van der Waals surface area contributed by atoms with Gasteiger partial charge in [0.1, 0.15) is 12.1 Å². The van der Waals surface area contributed by atoms with Crippen LogP contribution in [0.4, 0.5) is 4.39 Å². The van der Waals surface area contributed by atoms with Crippen molar-refractivity contribution < 1.29 is 8.81 Å². The first-order valence-corrected chi connectivity index (χ1v) is 9.51. The first-order chi connectivity index (χ1) is 13.7. The molecule has 29 heavy (non-hydrogen) atoms. The molecule has 3 aromatic rings. The molecular formula is C22H26FIN4O. The minimum atomic E-state index is -0.277. The predicted molar refractivity (Wildman–Crippen MR) is 125 cm³/mol. The van der Waals surface area contributed by atoms with Crippen LogP contribution in [-0.2, 0) is 12.8 Å². The fourth-order valence-corrected chi connectivity index (χ4v) is 2.74. The zero-order chi connectivity index (χ0) is 19.6. The second-order valence-electron chi connectivity index (χ2n) is 6.32. The molecule has 2 N–H and O–H groups in total. The second-order valence-corrected chi connectivity index (χ2v) is 6.32. The molecule has 0 atom stereocenters. The van der Waals surface area contributed by atoms with Crippen LogP contribution in [0.2, 0.25) is 0 Å². The summed E-state index contributed by atoms with van der Waals surface area (Å²) in [5, 5.41) is 6.60. The van der Waals surface area contributed by atoms with Crippen molar-refractivity contribution in [3.05, 3.63) is 77.9 Å². The van der Waals surface area contributed by atoms with Gasteiger partial charge in [0, 0.05) is 31.6 Å². The highest BCUT2D eigenvalue weighted by atomic mass is 127. The van der Waals surface area contributed by atoms with Gasteiger partial charge in [0.05, 0.1) is 5.69 Å². The SMILES string of the molecule is CCNC(=NCCc1coc(-c2ccc(F)cc2)n1)NCCc1ccccc1.I. The van der Waals surface area contributed by atoms with Gasteiger partial charge in [0.25, 0.3) is 0 Å². The lowest BCUT2D eigenvalue weighted by Gasteiger charge is -2.11. The molecule has 0 fully saturated rings. The van der Waals surface area contributed by atoms with Gasteiger partial charge in [-0.2, -0.15) is 0 Å². The van der Waals surface area contributed by atoms with Gasteiger partial charge in [-0.15, -0.1) is 24.0 Å². The van der Waals surface area contributed by atoms with Crippen LogP contribution in [0.1, 0.15) is 18.2 Å². The number of rotatable bonds is 8. The maximum atomic E-state index is 13.0. The Hall–Kier alpha value is -2.42. The molecule has 3 rings (SSSR count). The summed E-state index contributed by atoms with van der Waals surface area (Å²) in [4.78, 5) is 9.05. The molecule has 0 saturated heterocycles. The van der Waals surface area contributed by atoms with E-state index in [1.165, 1.54) is 17.7 Å². The number of aromatic nitrogens is 1. The zero-order valence-corrected chi connectivity index (χ0v) is 18.7. The maximum Gasteiger partial charge on any atom is 0.226 e. The Morgan fingerprint density at radius 3 is 2.52 bits per heavy atom. The largest absolute Gasteiger partial charge is 0.444 e. The average molecular weight is 508 g/mol. The number of oxazole rings is 1. The molecule has 0 bridgehead atoms. The number of halogens is 2. The summed E-state index contributed by atoms with van der Waals surface area (Å²) >= 11 is 0. The van der Waals surface area contributed by atoms with E-state index in [1.807, 2.05) is 25.1 Å². The van der Waals surface area contributed by atoms with Crippen LogP contribution in [0.5, 0.6) is 0 Å². The van der Waals surface area contributed by atoms with Crippen molar-refractivity contribution in [2.45, 2.75) is 19.8 Å². The Kier molecular flexibility index (Phi) is 9.63. The predicted octanol–water partition coefficient (Wildman–Crippen LogP) is 4.44. The van der Waals surface area contributed by atoms with Crippen LogP contribution < -0.4 is 10.6 Å². The third kappa shape index (κ3) is 7.49. The molecule has 0 aliphatic heterocycles. The number of hydrogen-bond donors (Lipinski definition) is 2. The van der Waals surface area contributed by atoms with Crippen molar-refractivity contribution in [1.29, 1.82) is 0 Å².